The van der Waals surface area contributed by atoms with Crippen molar-refractivity contribution in [3.05, 3.63) is 0 Å². The van der Waals surface area contributed by atoms with Crippen LogP contribution in [0, 0.1) is 11.3 Å². The van der Waals surface area contributed by atoms with Crippen LogP contribution in [0.15, 0.2) is 0 Å². The van der Waals surface area contributed by atoms with Gasteiger partial charge in [-0.15, -0.1) is 0 Å². The fourth-order valence-corrected chi connectivity index (χ4v) is 3.20. The van der Waals surface area contributed by atoms with Crippen molar-refractivity contribution in [1.29, 1.82) is 0 Å². The van der Waals surface area contributed by atoms with Crippen LogP contribution in [0.5, 0.6) is 0 Å². The number of quaternary nitrogens is 1. The standard InChI is InChI=1S/C14H30NO/c1-7-15(8-2)10-9-12(14(3,4)5)11-13(15)16-6/h12-13H,7-11H2,1-6H3/q+1. The zero-order valence-corrected chi connectivity index (χ0v) is 12.0. The Morgan fingerprint density at radius 1 is 1.19 bits per heavy atom. The first-order chi connectivity index (χ1) is 7.39. The van der Waals surface area contributed by atoms with E-state index in [4.69, 9.17) is 4.74 Å². The largest absolute Gasteiger partial charge is 0.332 e. The maximum Gasteiger partial charge on any atom is 0.193 e. The Hall–Kier alpha value is -0.0800. The molecule has 2 heteroatoms. The molecule has 1 aliphatic heterocycles. The fourth-order valence-electron chi connectivity index (χ4n) is 3.20. The molecule has 0 aliphatic carbocycles. The highest BCUT2D eigenvalue weighted by molar-refractivity contribution is 4.78. The van der Waals surface area contributed by atoms with Crippen molar-refractivity contribution in [2.75, 3.05) is 26.7 Å². The first-order valence-corrected chi connectivity index (χ1v) is 6.78. The maximum absolute atomic E-state index is 5.79. The molecule has 0 amide bonds. The molecule has 1 heterocycles. The van der Waals surface area contributed by atoms with E-state index in [1.807, 2.05) is 7.11 Å². The van der Waals surface area contributed by atoms with Crippen LogP contribution in [-0.2, 0) is 4.74 Å². The molecule has 1 aliphatic rings. The number of piperidine rings is 1. The molecule has 2 atom stereocenters. The SMILES string of the molecule is CC[N+]1(CC)CCC(C(C)(C)C)CC1OC. The highest BCUT2D eigenvalue weighted by atomic mass is 16.5. The lowest BCUT2D eigenvalue weighted by molar-refractivity contribution is -0.974. The average Bonchev–Trinajstić information content (AvgIpc) is 2.26. The van der Waals surface area contributed by atoms with E-state index in [0.717, 1.165) is 10.4 Å². The van der Waals surface area contributed by atoms with Gasteiger partial charge in [0.05, 0.1) is 19.6 Å². The van der Waals surface area contributed by atoms with Crippen molar-refractivity contribution in [1.82, 2.24) is 0 Å². The van der Waals surface area contributed by atoms with Gasteiger partial charge in [-0.25, -0.2) is 0 Å². The molecule has 1 saturated heterocycles. The third-order valence-corrected chi connectivity index (χ3v) is 4.78. The van der Waals surface area contributed by atoms with E-state index in [9.17, 15) is 0 Å². The fraction of sp³-hybridized carbons (Fsp3) is 1.00. The van der Waals surface area contributed by atoms with Gasteiger partial charge >= 0.3 is 0 Å². The number of rotatable bonds is 3. The minimum Gasteiger partial charge on any atom is -0.332 e. The van der Waals surface area contributed by atoms with Crippen LogP contribution in [0.25, 0.3) is 0 Å². The summed E-state index contributed by atoms with van der Waals surface area (Å²) in [6, 6.07) is 0. The molecule has 2 nitrogen and oxygen atoms in total. The normalized spacial score (nSPS) is 30.4. The predicted molar refractivity (Wildman–Crippen MR) is 69.2 cm³/mol. The van der Waals surface area contributed by atoms with Gasteiger partial charge in [0.15, 0.2) is 6.23 Å². The summed E-state index contributed by atoms with van der Waals surface area (Å²) in [7, 11) is 1.88. The molecular weight excluding hydrogens is 198 g/mol. The van der Waals surface area contributed by atoms with Crippen LogP contribution >= 0.6 is 0 Å². The van der Waals surface area contributed by atoms with E-state index in [0.29, 0.717) is 11.6 Å². The molecule has 1 rings (SSSR count). The zero-order chi connectivity index (χ0) is 12.4. The molecule has 1 fully saturated rings. The number of hydrogen-bond acceptors (Lipinski definition) is 1. The number of ether oxygens (including phenoxy) is 1. The maximum atomic E-state index is 5.79. The van der Waals surface area contributed by atoms with Crippen LogP contribution in [0.2, 0.25) is 0 Å². The van der Waals surface area contributed by atoms with Crippen molar-refractivity contribution in [3.63, 3.8) is 0 Å². The topological polar surface area (TPSA) is 9.23 Å². The van der Waals surface area contributed by atoms with Crippen LogP contribution in [-0.4, -0.2) is 37.5 Å². The number of hydrogen-bond donors (Lipinski definition) is 0. The Morgan fingerprint density at radius 3 is 2.12 bits per heavy atom. The Morgan fingerprint density at radius 2 is 1.75 bits per heavy atom. The quantitative estimate of drug-likeness (QED) is 0.674. The summed E-state index contributed by atoms with van der Waals surface area (Å²) in [5.41, 5.74) is 0.425. The van der Waals surface area contributed by atoms with Gasteiger partial charge in [0, 0.05) is 20.0 Å². The summed E-state index contributed by atoms with van der Waals surface area (Å²) in [6.07, 6.45) is 2.99. The molecule has 0 radical (unpaired) electrons. The zero-order valence-electron chi connectivity index (χ0n) is 12.0. The summed E-state index contributed by atoms with van der Waals surface area (Å²) in [5, 5.41) is 0. The molecule has 0 aromatic carbocycles. The van der Waals surface area contributed by atoms with E-state index in [2.05, 4.69) is 34.6 Å². The minimum absolute atomic E-state index is 0.410. The van der Waals surface area contributed by atoms with Gasteiger partial charge in [-0.2, -0.15) is 0 Å². The van der Waals surface area contributed by atoms with Crippen LogP contribution in [0.1, 0.15) is 47.5 Å². The minimum atomic E-state index is 0.410. The van der Waals surface area contributed by atoms with Gasteiger partial charge in [0.1, 0.15) is 0 Å². The van der Waals surface area contributed by atoms with Crippen molar-refractivity contribution in [2.24, 2.45) is 11.3 Å². The second kappa shape index (κ2) is 5.05. The second-order valence-electron chi connectivity index (χ2n) is 6.35. The van der Waals surface area contributed by atoms with E-state index >= 15 is 0 Å². The van der Waals surface area contributed by atoms with Gasteiger partial charge in [0.2, 0.25) is 0 Å². The summed E-state index contributed by atoms with van der Waals surface area (Å²) >= 11 is 0. The van der Waals surface area contributed by atoms with Gasteiger partial charge in [-0.05, 0) is 25.2 Å². The Balaban J connectivity index is 2.78. The van der Waals surface area contributed by atoms with Crippen molar-refractivity contribution >= 4 is 0 Å². The molecule has 0 aromatic rings. The van der Waals surface area contributed by atoms with Gasteiger partial charge in [-0.1, -0.05) is 20.8 Å². The Bertz CT molecular complexity index is 215. The summed E-state index contributed by atoms with van der Waals surface area (Å²) in [6.45, 7) is 15.4. The Labute approximate surface area is 102 Å². The molecule has 2 unspecified atom stereocenters. The van der Waals surface area contributed by atoms with Crippen LogP contribution < -0.4 is 0 Å². The van der Waals surface area contributed by atoms with E-state index in [1.165, 1.54) is 32.5 Å². The van der Waals surface area contributed by atoms with Crippen molar-refractivity contribution in [3.8, 4) is 0 Å². The van der Waals surface area contributed by atoms with E-state index < -0.39 is 0 Å². The van der Waals surface area contributed by atoms with Crippen LogP contribution in [0.3, 0.4) is 0 Å². The smallest absolute Gasteiger partial charge is 0.193 e. The van der Waals surface area contributed by atoms with Crippen molar-refractivity contribution in [2.45, 2.75) is 53.7 Å². The number of nitrogens with zero attached hydrogens (tertiary/aromatic N) is 1. The average molecular weight is 228 g/mol. The van der Waals surface area contributed by atoms with E-state index in [1.54, 1.807) is 0 Å². The van der Waals surface area contributed by atoms with Crippen molar-refractivity contribution < 1.29 is 9.22 Å². The molecule has 16 heavy (non-hydrogen) atoms. The Kier molecular flexibility index (Phi) is 4.42. The first kappa shape index (κ1) is 14.0. The molecule has 0 spiro atoms. The van der Waals surface area contributed by atoms with E-state index in [-0.39, 0.29) is 0 Å². The highest BCUT2D eigenvalue weighted by Crippen LogP contribution is 2.39. The van der Waals surface area contributed by atoms with Gasteiger partial charge < -0.3 is 4.74 Å². The lowest BCUT2D eigenvalue weighted by atomic mass is 9.74. The summed E-state index contributed by atoms with van der Waals surface area (Å²) in [5.74, 6) is 0.807. The van der Waals surface area contributed by atoms with Gasteiger partial charge in [-0.3, -0.25) is 4.48 Å². The molecule has 96 valence electrons. The summed E-state index contributed by atoms with van der Waals surface area (Å²) < 4.78 is 6.94. The summed E-state index contributed by atoms with van der Waals surface area (Å²) in [4.78, 5) is 0. The lowest BCUT2D eigenvalue weighted by Gasteiger charge is -2.50. The second-order valence-corrected chi connectivity index (χ2v) is 6.35. The van der Waals surface area contributed by atoms with Gasteiger partial charge in [0.25, 0.3) is 0 Å². The molecule has 0 N–H and O–H groups in total. The third kappa shape index (κ3) is 2.60. The molecule has 0 saturated carbocycles. The number of methoxy groups -OCH3 is 1. The third-order valence-electron chi connectivity index (χ3n) is 4.78. The lowest BCUT2D eigenvalue weighted by Crippen LogP contribution is -2.60. The molecule has 0 aromatic heterocycles. The molecule has 0 bridgehead atoms. The first-order valence-electron chi connectivity index (χ1n) is 6.78. The monoisotopic (exact) mass is 228 g/mol. The van der Waals surface area contributed by atoms with Crippen LogP contribution in [0.4, 0.5) is 0 Å². The highest BCUT2D eigenvalue weighted by Gasteiger charge is 2.43. The number of likely N-dealkylation sites (tertiary alicyclic amines) is 1. The predicted octanol–water partition coefficient (Wildman–Crippen LogP) is 3.27. The molecular formula is C14H30NO+.